The first-order valence-electron chi connectivity index (χ1n) is 15.7. The zero-order valence-corrected chi connectivity index (χ0v) is 27.2. The molecule has 0 spiro atoms. The molecule has 1 aliphatic heterocycles. The Kier molecular flexibility index (Phi) is 18.4. The van der Waals surface area contributed by atoms with Crippen molar-refractivity contribution in [3.05, 3.63) is 83.6 Å². The quantitative estimate of drug-likeness (QED) is 0.105. The minimum absolute atomic E-state index is 0.0385. The van der Waals surface area contributed by atoms with Crippen LogP contribution < -0.4 is 11.1 Å². The van der Waals surface area contributed by atoms with Gasteiger partial charge in [-0.2, -0.15) is 0 Å². The molecule has 42 heavy (non-hydrogen) atoms. The van der Waals surface area contributed by atoms with Crippen molar-refractivity contribution in [3.63, 3.8) is 0 Å². The highest BCUT2D eigenvalue weighted by Crippen LogP contribution is 2.37. The van der Waals surface area contributed by atoms with Crippen LogP contribution in [0.3, 0.4) is 0 Å². The van der Waals surface area contributed by atoms with E-state index in [0.29, 0.717) is 18.0 Å². The van der Waals surface area contributed by atoms with E-state index in [1.165, 1.54) is 54.9 Å². The average Bonchev–Trinajstić information content (AvgIpc) is 2.93. The maximum atomic E-state index is 12.4. The van der Waals surface area contributed by atoms with Crippen molar-refractivity contribution in [2.75, 3.05) is 26.2 Å². The molecular weight excluding hydrogens is 520 g/mol. The van der Waals surface area contributed by atoms with Crippen LogP contribution in [0, 0.1) is 5.92 Å². The fraction of sp³-hybridized carbons (Fsp3) is 0.556. The van der Waals surface area contributed by atoms with E-state index in [1.54, 1.807) is 6.08 Å². The number of rotatable bonds is 13. The molecule has 1 heterocycles. The molecule has 1 amide bonds. The van der Waals surface area contributed by atoms with E-state index < -0.39 is 0 Å². The normalized spacial score (nSPS) is 19.8. The zero-order chi connectivity index (χ0) is 31.5. The number of aliphatic hydroxyl groups excluding tert-OH is 1. The predicted octanol–water partition coefficient (Wildman–Crippen LogP) is 6.73. The number of aliphatic imine (C=N–C) groups is 1. The van der Waals surface area contributed by atoms with E-state index in [-0.39, 0.29) is 18.1 Å². The van der Waals surface area contributed by atoms with Gasteiger partial charge in [0.25, 0.3) is 5.91 Å². The molecule has 0 bridgehead atoms. The number of unbranched alkanes of at least 4 members (excludes halogenated alkanes) is 1. The number of aryl methyl sites for hydroxylation is 1. The third-order valence-electron chi connectivity index (χ3n) is 7.44. The summed E-state index contributed by atoms with van der Waals surface area (Å²) in [5.74, 6) is 1.16. The summed E-state index contributed by atoms with van der Waals surface area (Å²) in [7, 11) is 0. The first-order valence-corrected chi connectivity index (χ1v) is 15.7. The third-order valence-corrected chi connectivity index (χ3v) is 7.44. The lowest BCUT2D eigenvalue weighted by atomic mass is 9.75. The molecule has 6 nitrogen and oxygen atoms in total. The summed E-state index contributed by atoms with van der Waals surface area (Å²) in [5.41, 5.74) is 10.9. The van der Waals surface area contributed by atoms with E-state index in [2.05, 4.69) is 73.4 Å². The van der Waals surface area contributed by atoms with Crippen molar-refractivity contribution < 1.29 is 9.90 Å². The van der Waals surface area contributed by atoms with Gasteiger partial charge in [0.05, 0.1) is 18.2 Å². The third kappa shape index (κ3) is 14.8. The van der Waals surface area contributed by atoms with Gasteiger partial charge in [-0.1, -0.05) is 82.2 Å². The van der Waals surface area contributed by atoms with Gasteiger partial charge in [-0.25, -0.2) is 0 Å². The van der Waals surface area contributed by atoms with Crippen LogP contribution in [0.1, 0.15) is 90.7 Å². The molecule has 2 aliphatic rings. The second kappa shape index (κ2) is 20.8. The highest BCUT2D eigenvalue weighted by atomic mass is 16.3. The van der Waals surface area contributed by atoms with E-state index >= 15 is 0 Å². The molecule has 0 aromatic heterocycles. The fourth-order valence-electron chi connectivity index (χ4n) is 4.82. The first-order chi connectivity index (χ1) is 20.1. The summed E-state index contributed by atoms with van der Waals surface area (Å²) in [5, 5.41) is 12.1. The number of hydrogen-bond donors (Lipinski definition) is 3. The number of allylic oxidation sites excluding steroid dienone is 2. The van der Waals surface area contributed by atoms with Crippen LogP contribution in [0.15, 0.2) is 77.5 Å². The van der Waals surface area contributed by atoms with E-state index in [4.69, 9.17) is 10.8 Å². The lowest BCUT2D eigenvalue weighted by molar-refractivity contribution is -0.118. The number of carbonyl (C=O) groups excluding carboxylic acids is 1. The summed E-state index contributed by atoms with van der Waals surface area (Å²) in [6, 6.07) is 8.93. The molecule has 1 saturated heterocycles. The Hall–Kier alpha value is -2.96. The van der Waals surface area contributed by atoms with Crippen LogP contribution in [0.5, 0.6) is 0 Å². The number of nitrogens with zero attached hydrogens (tertiary/aromatic N) is 2. The van der Waals surface area contributed by atoms with E-state index in [0.717, 1.165) is 43.8 Å². The summed E-state index contributed by atoms with van der Waals surface area (Å²) in [6.07, 6.45) is 13.5. The van der Waals surface area contributed by atoms with E-state index in [1.807, 2.05) is 26.8 Å². The Labute approximate surface area is 256 Å². The highest BCUT2D eigenvalue weighted by molar-refractivity contribution is 6.12. The molecule has 234 valence electrons. The number of benzene rings is 1. The number of likely N-dealkylation sites (tertiary alicyclic amines) is 1. The maximum absolute atomic E-state index is 12.4. The Morgan fingerprint density at radius 2 is 1.93 bits per heavy atom. The van der Waals surface area contributed by atoms with Gasteiger partial charge >= 0.3 is 0 Å². The molecule has 1 saturated carbocycles. The molecule has 6 heteroatoms. The largest absolute Gasteiger partial charge is 0.404 e. The Balaban J connectivity index is 0.000000455. The molecule has 1 aromatic carbocycles. The van der Waals surface area contributed by atoms with Crippen molar-refractivity contribution in [1.29, 1.82) is 0 Å². The average molecular weight is 579 g/mol. The molecule has 0 radical (unpaired) electrons. The Morgan fingerprint density at radius 1 is 1.26 bits per heavy atom. The number of nitrogens with two attached hydrogens (primary N) is 1. The molecular formula is C36H58N4O2. The van der Waals surface area contributed by atoms with Crippen molar-refractivity contribution in [2.24, 2.45) is 16.6 Å². The number of amides is 1. The minimum Gasteiger partial charge on any atom is -0.404 e. The summed E-state index contributed by atoms with van der Waals surface area (Å²) in [4.78, 5) is 19.0. The van der Waals surface area contributed by atoms with Gasteiger partial charge in [-0.3, -0.25) is 14.7 Å². The van der Waals surface area contributed by atoms with Crippen molar-refractivity contribution in [2.45, 2.75) is 98.1 Å². The van der Waals surface area contributed by atoms with Gasteiger partial charge in [0, 0.05) is 38.1 Å². The van der Waals surface area contributed by atoms with Crippen molar-refractivity contribution >= 4 is 12.1 Å². The molecule has 2 fully saturated rings. The van der Waals surface area contributed by atoms with Crippen LogP contribution >= 0.6 is 0 Å². The Morgan fingerprint density at radius 3 is 2.45 bits per heavy atom. The summed E-state index contributed by atoms with van der Waals surface area (Å²) >= 11 is 0. The SMILES string of the molecule is C=C(C)C.C=C/C(=C\C)CN=C/C(=C\N)C(=O)NC1CC(c2cccc(CC)c2)C1.CCCCC(C)CN1CC(O)C1. The van der Waals surface area contributed by atoms with Crippen LogP contribution in [0.25, 0.3) is 0 Å². The molecule has 1 aliphatic carbocycles. The van der Waals surface area contributed by atoms with Crippen LogP contribution in [-0.2, 0) is 11.2 Å². The fourth-order valence-corrected chi connectivity index (χ4v) is 4.82. The standard InChI is InChI=1S/C22H29N3O.C10H21NO.C4H8/c1-4-16(5-2)14-24-15-20(13-23)22(26)25-21-11-19(12-21)18-9-7-8-17(6-3)10-18;1-3-4-5-9(2)6-11-7-10(12)8-11;1-4(2)3/h4-5,7-10,13,15,19,21H,1,6,11-12,14,23H2,2-3H3,(H,25,26);9-10,12H,3-8H2,1-2H3;1H2,2-3H3/b16-5+,20-13+,24-15?;;. The molecule has 3 rings (SSSR count). The molecule has 4 N–H and O–H groups in total. The van der Waals surface area contributed by atoms with Gasteiger partial charge in [-0.15, -0.1) is 6.58 Å². The molecule has 1 atom stereocenters. The van der Waals surface area contributed by atoms with Crippen LogP contribution in [-0.4, -0.2) is 60.5 Å². The smallest absolute Gasteiger partial charge is 0.254 e. The number of carbonyl (C=O) groups is 1. The Bertz CT molecular complexity index is 1040. The second-order valence-corrected chi connectivity index (χ2v) is 11.9. The maximum Gasteiger partial charge on any atom is 0.254 e. The minimum atomic E-state index is -0.164. The highest BCUT2D eigenvalue weighted by Gasteiger charge is 2.31. The molecule has 1 unspecified atom stereocenters. The number of nitrogens with one attached hydrogen (secondary N) is 1. The van der Waals surface area contributed by atoms with Crippen molar-refractivity contribution in [1.82, 2.24) is 10.2 Å². The van der Waals surface area contributed by atoms with Crippen molar-refractivity contribution in [3.8, 4) is 0 Å². The lowest BCUT2D eigenvalue weighted by Crippen LogP contribution is -2.51. The molecule has 1 aromatic rings. The van der Waals surface area contributed by atoms with Crippen LogP contribution in [0.4, 0.5) is 0 Å². The zero-order valence-electron chi connectivity index (χ0n) is 27.2. The topological polar surface area (TPSA) is 90.9 Å². The summed E-state index contributed by atoms with van der Waals surface area (Å²) < 4.78 is 0. The predicted molar refractivity (Wildman–Crippen MR) is 181 cm³/mol. The monoisotopic (exact) mass is 578 g/mol. The van der Waals surface area contributed by atoms with Gasteiger partial charge in [0.1, 0.15) is 0 Å². The lowest BCUT2D eigenvalue weighted by Gasteiger charge is -2.37. The second-order valence-electron chi connectivity index (χ2n) is 11.9. The van der Waals surface area contributed by atoms with Gasteiger partial charge in [-0.05, 0) is 75.0 Å². The number of aliphatic hydroxyl groups is 1. The number of β-amino-alcohol motifs (C(OH)–C–C–N with tert-alkyl or cyclic N) is 1. The van der Waals surface area contributed by atoms with Crippen LogP contribution in [0.2, 0.25) is 0 Å². The van der Waals surface area contributed by atoms with Gasteiger partial charge in [0.15, 0.2) is 0 Å². The van der Waals surface area contributed by atoms with E-state index in [9.17, 15) is 4.79 Å². The first kappa shape index (κ1) is 37.1. The van der Waals surface area contributed by atoms with Gasteiger partial charge in [0.2, 0.25) is 0 Å². The number of hydrogen-bond acceptors (Lipinski definition) is 5. The van der Waals surface area contributed by atoms with Gasteiger partial charge < -0.3 is 16.2 Å². The summed E-state index contributed by atoms with van der Waals surface area (Å²) in [6.45, 7) is 23.3.